The molecule has 1 saturated heterocycles. The number of benzene rings is 2. The van der Waals surface area contributed by atoms with Gasteiger partial charge in [0.2, 0.25) is 26.6 Å². The van der Waals surface area contributed by atoms with E-state index in [9.17, 15) is 8.42 Å². The van der Waals surface area contributed by atoms with E-state index in [-0.39, 0.29) is 27.8 Å². The first-order valence-electron chi connectivity index (χ1n) is 9.27. The standard InChI is InChI=1S/C21H22N2O4S/c1-15-9-11-16(12-10-15)19-23-21(28(24,25)18-7-3-2-4-8-18)20(27-19)22-14-17-6-5-13-26-17/h2-4,7-12,17,22H,5-6,13-14H2,1H3. The monoisotopic (exact) mass is 398 g/mol. The van der Waals surface area contributed by atoms with E-state index in [4.69, 9.17) is 9.15 Å². The van der Waals surface area contributed by atoms with Crippen molar-refractivity contribution in [2.24, 2.45) is 0 Å². The van der Waals surface area contributed by atoms with Crippen LogP contribution in [-0.4, -0.2) is 32.7 Å². The minimum atomic E-state index is -3.82. The molecule has 1 unspecified atom stereocenters. The van der Waals surface area contributed by atoms with Gasteiger partial charge in [0, 0.05) is 18.7 Å². The number of sulfone groups is 1. The molecular weight excluding hydrogens is 376 g/mol. The van der Waals surface area contributed by atoms with E-state index in [0.29, 0.717) is 6.54 Å². The fourth-order valence-electron chi connectivity index (χ4n) is 3.14. The zero-order valence-corrected chi connectivity index (χ0v) is 16.4. The lowest BCUT2D eigenvalue weighted by Crippen LogP contribution is -2.19. The fraction of sp³-hybridized carbons (Fsp3) is 0.286. The fourth-order valence-corrected chi connectivity index (χ4v) is 4.44. The number of anilines is 1. The molecule has 0 bridgehead atoms. The number of nitrogens with one attached hydrogen (secondary N) is 1. The lowest BCUT2D eigenvalue weighted by molar-refractivity contribution is 0.120. The molecule has 1 atom stereocenters. The van der Waals surface area contributed by atoms with Crippen molar-refractivity contribution in [1.82, 2.24) is 4.98 Å². The average molecular weight is 398 g/mol. The van der Waals surface area contributed by atoms with Crippen molar-refractivity contribution in [3.05, 3.63) is 60.2 Å². The predicted octanol–water partition coefficient (Wildman–Crippen LogP) is 4.07. The van der Waals surface area contributed by atoms with Crippen LogP contribution in [0.3, 0.4) is 0 Å². The Morgan fingerprint density at radius 3 is 2.54 bits per heavy atom. The minimum absolute atomic E-state index is 0.0419. The van der Waals surface area contributed by atoms with E-state index >= 15 is 0 Å². The number of oxazole rings is 1. The quantitative estimate of drug-likeness (QED) is 0.674. The maximum absolute atomic E-state index is 13.2. The predicted molar refractivity (Wildman–Crippen MR) is 106 cm³/mol. The van der Waals surface area contributed by atoms with Gasteiger partial charge in [-0.2, -0.15) is 4.98 Å². The first-order chi connectivity index (χ1) is 13.5. The lowest BCUT2D eigenvalue weighted by atomic mass is 10.1. The summed E-state index contributed by atoms with van der Waals surface area (Å²) in [5.41, 5.74) is 1.82. The summed E-state index contributed by atoms with van der Waals surface area (Å²) in [5, 5.41) is 2.99. The highest BCUT2D eigenvalue weighted by atomic mass is 32.2. The first-order valence-corrected chi connectivity index (χ1v) is 10.8. The van der Waals surface area contributed by atoms with E-state index in [0.717, 1.165) is 30.6 Å². The van der Waals surface area contributed by atoms with Crippen molar-refractivity contribution in [2.75, 3.05) is 18.5 Å². The summed E-state index contributed by atoms with van der Waals surface area (Å²) in [5.74, 6) is 0.416. The highest BCUT2D eigenvalue weighted by molar-refractivity contribution is 7.91. The number of rotatable bonds is 6. The summed E-state index contributed by atoms with van der Waals surface area (Å²) in [4.78, 5) is 4.53. The molecular formula is C21H22N2O4S. The molecule has 0 spiro atoms. The Labute approximate surface area is 164 Å². The smallest absolute Gasteiger partial charge is 0.233 e. The molecule has 0 saturated carbocycles. The van der Waals surface area contributed by atoms with Crippen molar-refractivity contribution in [1.29, 1.82) is 0 Å². The molecule has 1 N–H and O–H groups in total. The highest BCUT2D eigenvalue weighted by Gasteiger charge is 2.29. The topological polar surface area (TPSA) is 81.4 Å². The van der Waals surface area contributed by atoms with Crippen LogP contribution in [0.2, 0.25) is 0 Å². The van der Waals surface area contributed by atoms with Gasteiger partial charge in [0.15, 0.2) is 0 Å². The number of aromatic nitrogens is 1. The molecule has 0 aliphatic carbocycles. The van der Waals surface area contributed by atoms with Gasteiger partial charge in [0.25, 0.3) is 0 Å². The maximum atomic E-state index is 13.2. The van der Waals surface area contributed by atoms with Gasteiger partial charge in [-0.05, 0) is 44.0 Å². The van der Waals surface area contributed by atoms with Crippen LogP contribution < -0.4 is 5.32 Å². The zero-order valence-electron chi connectivity index (χ0n) is 15.6. The summed E-state index contributed by atoms with van der Waals surface area (Å²) in [6, 6.07) is 15.9. The van der Waals surface area contributed by atoms with Crippen molar-refractivity contribution in [3.8, 4) is 11.5 Å². The van der Waals surface area contributed by atoms with Crippen LogP contribution in [0.1, 0.15) is 18.4 Å². The molecule has 1 fully saturated rings. The molecule has 1 aliphatic rings. The van der Waals surface area contributed by atoms with Gasteiger partial charge in [0.1, 0.15) is 0 Å². The summed E-state index contributed by atoms with van der Waals surface area (Å²) >= 11 is 0. The maximum Gasteiger partial charge on any atom is 0.233 e. The van der Waals surface area contributed by atoms with Gasteiger partial charge in [-0.3, -0.25) is 0 Å². The van der Waals surface area contributed by atoms with Crippen molar-refractivity contribution < 1.29 is 17.6 Å². The minimum Gasteiger partial charge on any atom is -0.419 e. The Balaban J connectivity index is 1.72. The molecule has 2 heterocycles. The second-order valence-electron chi connectivity index (χ2n) is 6.85. The van der Waals surface area contributed by atoms with Crippen LogP contribution in [-0.2, 0) is 14.6 Å². The van der Waals surface area contributed by atoms with Gasteiger partial charge in [-0.1, -0.05) is 35.9 Å². The van der Waals surface area contributed by atoms with Crippen LogP contribution >= 0.6 is 0 Å². The zero-order chi connectivity index (χ0) is 19.6. The summed E-state index contributed by atoms with van der Waals surface area (Å²) < 4.78 is 37.8. The van der Waals surface area contributed by atoms with Gasteiger partial charge in [-0.25, -0.2) is 8.42 Å². The third kappa shape index (κ3) is 3.81. The summed E-state index contributed by atoms with van der Waals surface area (Å²) in [6.07, 6.45) is 1.99. The molecule has 1 aromatic heterocycles. The van der Waals surface area contributed by atoms with E-state index in [2.05, 4.69) is 10.3 Å². The van der Waals surface area contributed by atoms with Crippen LogP contribution in [0.4, 0.5) is 5.88 Å². The Morgan fingerprint density at radius 2 is 1.86 bits per heavy atom. The molecule has 0 radical (unpaired) electrons. The first kappa shape index (κ1) is 18.7. The molecule has 146 valence electrons. The Hall–Kier alpha value is -2.64. The van der Waals surface area contributed by atoms with Gasteiger partial charge < -0.3 is 14.5 Å². The van der Waals surface area contributed by atoms with Crippen molar-refractivity contribution in [2.45, 2.75) is 35.8 Å². The highest BCUT2D eigenvalue weighted by Crippen LogP contribution is 2.32. The van der Waals surface area contributed by atoms with Crippen LogP contribution in [0, 0.1) is 6.92 Å². The Morgan fingerprint density at radius 1 is 1.11 bits per heavy atom. The Kier molecular flexibility index (Phi) is 5.19. The molecule has 7 heteroatoms. The van der Waals surface area contributed by atoms with E-state index in [1.54, 1.807) is 30.3 Å². The van der Waals surface area contributed by atoms with Gasteiger partial charge in [-0.15, -0.1) is 0 Å². The number of hydrogen-bond donors (Lipinski definition) is 1. The average Bonchev–Trinajstić information content (AvgIpc) is 3.38. The molecule has 6 nitrogen and oxygen atoms in total. The lowest BCUT2D eigenvalue weighted by Gasteiger charge is -2.10. The number of hydrogen-bond acceptors (Lipinski definition) is 6. The second kappa shape index (κ2) is 7.77. The van der Waals surface area contributed by atoms with Gasteiger partial charge >= 0.3 is 0 Å². The van der Waals surface area contributed by atoms with Crippen molar-refractivity contribution in [3.63, 3.8) is 0 Å². The third-order valence-electron chi connectivity index (χ3n) is 4.72. The van der Waals surface area contributed by atoms with Crippen molar-refractivity contribution >= 4 is 15.7 Å². The van der Waals surface area contributed by atoms with Crippen LogP contribution in [0.25, 0.3) is 11.5 Å². The van der Waals surface area contributed by atoms with Crippen LogP contribution in [0.5, 0.6) is 0 Å². The number of ether oxygens (including phenoxy) is 1. The number of aryl methyl sites for hydroxylation is 1. The molecule has 0 amide bonds. The molecule has 4 rings (SSSR count). The SMILES string of the molecule is Cc1ccc(-c2nc(S(=O)(=O)c3ccccc3)c(NCC3CCCO3)o2)cc1. The van der Waals surface area contributed by atoms with Crippen LogP contribution in [0.15, 0.2) is 68.9 Å². The number of nitrogens with zero attached hydrogens (tertiary/aromatic N) is 1. The van der Waals surface area contributed by atoms with E-state index in [1.165, 1.54) is 0 Å². The van der Waals surface area contributed by atoms with E-state index in [1.807, 2.05) is 31.2 Å². The molecule has 1 aliphatic heterocycles. The normalized spacial score (nSPS) is 17.0. The Bertz CT molecular complexity index is 1040. The summed E-state index contributed by atoms with van der Waals surface area (Å²) in [7, 11) is -3.82. The summed E-state index contributed by atoms with van der Waals surface area (Å²) in [6.45, 7) is 3.19. The molecule has 3 aromatic rings. The molecule has 28 heavy (non-hydrogen) atoms. The van der Waals surface area contributed by atoms with Gasteiger partial charge in [0.05, 0.1) is 11.0 Å². The largest absolute Gasteiger partial charge is 0.419 e. The van der Waals surface area contributed by atoms with E-state index < -0.39 is 9.84 Å². The molecule has 2 aromatic carbocycles. The second-order valence-corrected chi connectivity index (χ2v) is 8.72. The third-order valence-corrected chi connectivity index (χ3v) is 6.40.